The molecule has 128 valence electrons. The summed E-state index contributed by atoms with van der Waals surface area (Å²) in [6, 6.07) is 12.8. The van der Waals surface area contributed by atoms with Crippen LogP contribution in [0.15, 0.2) is 57.8 Å². The molecule has 0 radical (unpaired) electrons. The third-order valence-electron chi connectivity index (χ3n) is 3.36. The highest BCUT2D eigenvalue weighted by molar-refractivity contribution is 8.01. The molecule has 1 amide bonds. The largest absolute Gasteiger partial charge is 0.310 e. The van der Waals surface area contributed by atoms with E-state index in [0.29, 0.717) is 11.7 Å². The number of rotatable bonds is 6. The number of carbonyl (C=O) groups excluding carboxylic acids is 1. The predicted molar refractivity (Wildman–Crippen MR) is 101 cm³/mol. The van der Waals surface area contributed by atoms with Crippen LogP contribution in [0.4, 0.5) is 5.13 Å². The third kappa shape index (κ3) is 4.34. The van der Waals surface area contributed by atoms with E-state index in [1.54, 1.807) is 24.0 Å². The van der Waals surface area contributed by atoms with Crippen LogP contribution in [0.1, 0.15) is 22.8 Å². The van der Waals surface area contributed by atoms with Crippen LogP contribution < -0.4 is 10.9 Å². The summed E-state index contributed by atoms with van der Waals surface area (Å²) in [4.78, 5) is 25.0. The minimum absolute atomic E-state index is 0.0818. The Morgan fingerprint density at radius 3 is 2.76 bits per heavy atom. The molecule has 0 spiro atoms. The number of thioether (sulfide) groups is 1. The smallest absolute Gasteiger partial charge is 0.263 e. The fourth-order valence-corrected chi connectivity index (χ4v) is 3.86. The van der Waals surface area contributed by atoms with Gasteiger partial charge in [-0.15, -0.1) is 10.2 Å². The van der Waals surface area contributed by atoms with Crippen molar-refractivity contribution in [1.29, 1.82) is 0 Å². The van der Waals surface area contributed by atoms with E-state index in [1.165, 1.54) is 22.0 Å². The summed E-state index contributed by atoms with van der Waals surface area (Å²) in [5.41, 5.74) is 0.738. The Labute approximate surface area is 152 Å². The Kier molecular flexibility index (Phi) is 5.62. The zero-order valence-electron chi connectivity index (χ0n) is 13.5. The van der Waals surface area contributed by atoms with Crippen molar-refractivity contribution in [2.75, 3.05) is 11.1 Å². The molecule has 1 N–H and O–H groups in total. The van der Waals surface area contributed by atoms with Gasteiger partial charge < -0.3 is 4.57 Å². The quantitative estimate of drug-likeness (QED) is 0.531. The number of amides is 1. The van der Waals surface area contributed by atoms with Crippen LogP contribution in [0.25, 0.3) is 0 Å². The van der Waals surface area contributed by atoms with E-state index in [1.807, 2.05) is 37.3 Å². The second-order valence-corrected chi connectivity index (χ2v) is 7.59. The topological polar surface area (TPSA) is 76.9 Å². The fraction of sp³-hybridized carbons (Fsp3) is 0.176. The molecule has 0 saturated carbocycles. The first-order valence-electron chi connectivity index (χ1n) is 7.68. The molecule has 2 heterocycles. The molecule has 3 rings (SSSR count). The first-order chi connectivity index (χ1) is 12.2. The zero-order chi connectivity index (χ0) is 17.6. The number of hydrogen-bond donors (Lipinski definition) is 1. The van der Waals surface area contributed by atoms with E-state index < -0.39 is 5.91 Å². The molecule has 6 nitrogen and oxygen atoms in total. The van der Waals surface area contributed by atoms with Gasteiger partial charge in [-0.1, -0.05) is 60.4 Å². The Morgan fingerprint density at radius 1 is 1.20 bits per heavy atom. The van der Waals surface area contributed by atoms with Gasteiger partial charge in [0.25, 0.3) is 11.5 Å². The molecule has 0 atom stereocenters. The lowest BCUT2D eigenvalue weighted by Gasteiger charge is -2.08. The maximum atomic E-state index is 12.6. The zero-order valence-corrected chi connectivity index (χ0v) is 15.1. The Balaban J connectivity index is 1.78. The summed E-state index contributed by atoms with van der Waals surface area (Å²) in [7, 11) is 0. The molecule has 0 saturated heterocycles. The molecule has 0 aliphatic carbocycles. The fourth-order valence-electron chi connectivity index (χ4n) is 2.22. The number of carbonyl (C=O) groups is 1. The number of aromatic nitrogens is 3. The van der Waals surface area contributed by atoms with Gasteiger partial charge in [0.1, 0.15) is 5.56 Å². The van der Waals surface area contributed by atoms with Crippen LogP contribution in [-0.4, -0.2) is 26.4 Å². The van der Waals surface area contributed by atoms with Crippen molar-refractivity contribution < 1.29 is 4.79 Å². The first-order valence-corrected chi connectivity index (χ1v) is 9.48. The number of anilines is 1. The minimum Gasteiger partial charge on any atom is -0.310 e. The van der Waals surface area contributed by atoms with Crippen molar-refractivity contribution >= 4 is 34.1 Å². The molecule has 1 aromatic carbocycles. The first kappa shape index (κ1) is 17.4. The van der Waals surface area contributed by atoms with Gasteiger partial charge in [-0.3, -0.25) is 14.9 Å². The van der Waals surface area contributed by atoms with Crippen molar-refractivity contribution in [1.82, 2.24) is 14.8 Å². The van der Waals surface area contributed by atoms with E-state index in [4.69, 9.17) is 0 Å². The van der Waals surface area contributed by atoms with Crippen LogP contribution >= 0.6 is 23.1 Å². The third-order valence-corrected chi connectivity index (χ3v) is 5.21. The monoisotopic (exact) mass is 372 g/mol. The van der Waals surface area contributed by atoms with E-state index in [2.05, 4.69) is 15.5 Å². The molecule has 25 heavy (non-hydrogen) atoms. The molecule has 2 aromatic heterocycles. The number of nitrogens with one attached hydrogen (secondary N) is 1. The summed E-state index contributed by atoms with van der Waals surface area (Å²) < 4.78 is 2.30. The highest BCUT2D eigenvalue weighted by Gasteiger charge is 2.15. The lowest BCUT2D eigenvalue weighted by molar-refractivity contribution is 0.102. The van der Waals surface area contributed by atoms with Gasteiger partial charge in [-0.05, 0) is 23.4 Å². The van der Waals surface area contributed by atoms with Gasteiger partial charge in [-0.25, -0.2) is 0 Å². The van der Waals surface area contributed by atoms with Gasteiger partial charge in [-0.2, -0.15) is 0 Å². The van der Waals surface area contributed by atoms with Crippen LogP contribution in [0.5, 0.6) is 0 Å². The van der Waals surface area contributed by atoms with Crippen LogP contribution in [0.2, 0.25) is 0 Å². The Hall–Kier alpha value is -2.45. The molecular formula is C17H16N4O2S2. The summed E-state index contributed by atoms with van der Waals surface area (Å²) in [5, 5.41) is 10.9. The molecule has 3 aromatic rings. The van der Waals surface area contributed by atoms with Crippen LogP contribution in [0, 0.1) is 0 Å². The van der Waals surface area contributed by atoms with E-state index in [9.17, 15) is 9.59 Å². The SMILES string of the molecule is CCSc1nnc(NC(=O)c2cccn(Cc3ccccc3)c2=O)s1. The molecule has 0 aliphatic rings. The van der Waals surface area contributed by atoms with Gasteiger partial charge in [0.2, 0.25) is 5.13 Å². The molecule has 0 unspecified atom stereocenters. The number of nitrogens with zero attached hydrogens (tertiary/aromatic N) is 3. The van der Waals surface area contributed by atoms with E-state index >= 15 is 0 Å². The lowest BCUT2D eigenvalue weighted by Crippen LogP contribution is -2.29. The molecule has 0 fully saturated rings. The standard InChI is InChI=1S/C17H16N4O2S2/c1-2-24-17-20-19-16(25-17)18-14(22)13-9-6-10-21(15(13)23)11-12-7-4-3-5-8-12/h3-10H,2,11H2,1H3,(H,18,19,22). The second-order valence-electron chi connectivity index (χ2n) is 5.10. The number of benzene rings is 1. The highest BCUT2D eigenvalue weighted by Crippen LogP contribution is 2.25. The van der Waals surface area contributed by atoms with Crippen molar-refractivity contribution in [2.45, 2.75) is 17.8 Å². The maximum absolute atomic E-state index is 12.6. The normalized spacial score (nSPS) is 10.6. The van der Waals surface area contributed by atoms with Crippen molar-refractivity contribution in [2.24, 2.45) is 0 Å². The van der Waals surface area contributed by atoms with Crippen molar-refractivity contribution in [3.05, 3.63) is 70.1 Å². The molecular weight excluding hydrogens is 356 g/mol. The molecule has 0 bridgehead atoms. The maximum Gasteiger partial charge on any atom is 0.263 e. The second kappa shape index (κ2) is 8.09. The Bertz CT molecular complexity index is 922. The lowest BCUT2D eigenvalue weighted by atomic mass is 10.2. The summed E-state index contributed by atoms with van der Waals surface area (Å²) >= 11 is 2.85. The average Bonchev–Trinajstić information content (AvgIpc) is 3.05. The van der Waals surface area contributed by atoms with Crippen molar-refractivity contribution in [3.63, 3.8) is 0 Å². The predicted octanol–water partition coefficient (Wildman–Crippen LogP) is 3.11. The minimum atomic E-state index is -0.475. The number of hydrogen-bond acceptors (Lipinski definition) is 6. The van der Waals surface area contributed by atoms with Gasteiger partial charge in [0, 0.05) is 6.20 Å². The van der Waals surface area contributed by atoms with Crippen LogP contribution in [-0.2, 0) is 6.54 Å². The summed E-state index contributed by atoms with van der Waals surface area (Å²) in [5.74, 6) is 0.405. The van der Waals surface area contributed by atoms with Crippen LogP contribution in [0.3, 0.4) is 0 Å². The molecule has 0 aliphatic heterocycles. The van der Waals surface area contributed by atoms with E-state index in [-0.39, 0.29) is 11.1 Å². The number of pyridine rings is 1. The summed E-state index contributed by atoms with van der Waals surface area (Å²) in [6.45, 7) is 2.43. The van der Waals surface area contributed by atoms with Gasteiger partial charge in [0.15, 0.2) is 4.34 Å². The van der Waals surface area contributed by atoms with Gasteiger partial charge in [0.05, 0.1) is 6.54 Å². The summed E-state index contributed by atoms with van der Waals surface area (Å²) in [6.07, 6.45) is 1.67. The Morgan fingerprint density at radius 2 is 2.00 bits per heavy atom. The molecule has 8 heteroatoms. The van der Waals surface area contributed by atoms with Crippen molar-refractivity contribution in [3.8, 4) is 0 Å². The highest BCUT2D eigenvalue weighted by atomic mass is 32.2. The van der Waals surface area contributed by atoms with Gasteiger partial charge >= 0.3 is 0 Å². The average molecular weight is 372 g/mol. The van der Waals surface area contributed by atoms with E-state index in [0.717, 1.165) is 15.7 Å².